The average molecular weight is 812 g/mol. The van der Waals surface area contributed by atoms with Gasteiger partial charge in [-0.3, -0.25) is 34.3 Å². The van der Waals surface area contributed by atoms with Crippen molar-refractivity contribution in [1.82, 2.24) is 43.6 Å². The molecule has 0 aliphatic carbocycles. The normalized spacial score (nSPS) is 14.8. The second-order valence-corrected chi connectivity index (χ2v) is 16.4. The van der Waals surface area contributed by atoms with Gasteiger partial charge in [0.05, 0.1) is 63.8 Å². The van der Waals surface area contributed by atoms with Gasteiger partial charge in [-0.1, -0.05) is 24.3 Å². The first-order chi connectivity index (χ1) is 29.2. The highest BCUT2D eigenvalue weighted by molar-refractivity contribution is 6.13. The fourth-order valence-electron chi connectivity index (χ4n) is 7.97. The molecule has 2 aromatic carbocycles. The summed E-state index contributed by atoms with van der Waals surface area (Å²) < 4.78 is 19.5. The highest BCUT2D eigenvalue weighted by Gasteiger charge is 2.46. The van der Waals surface area contributed by atoms with Crippen LogP contribution in [0.1, 0.15) is 50.2 Å². The van der Waals surface area contributed by atoms with Crippen LogP contribution in [0, 0.1) is 19.7 Å². The lowest BCUT2D eigenvalue weighted by Crippen LogP contribution is -2.33. The predicted molar refractivity (Wildman–Crippen MR) is 231 cm³/mol. The SMILES string of the molecule is Cc1cc(N2C(=O)C(C)(C)c3ccc(-c4cn(-c5ccnc(C)c5)cn4)cc32)ccn1.Cn1cnc(N2C(=O)C(C)(C)c3ccc(-c4cn(-c5ccncc5F)cn4)cc32)c1. The molecular weight excluding hydrogens is 770 g/mol. The molecule has 2 aliphatic rings. The van der Waals surface area contributed by atoms with Crippen LogP contribution in [0.25, 0.3) is 33.9 Å². The number of halogens is 1. The van der Waals surface area contributed by atoms with Gasteiger partial charge < -0.3 is 13.7 Å². The smallest absolute Gasteiger partial charge is 0.242 e. The van der Waals surface area contributed by atoms with Crippen LogP contribution in [0.3, 0.4) is 0 Å². The van der Waals surface area contributed by atoms with E-state index in [1.165, 1.54) is 12.4 Å². The summed E-state index contributed by atoms with van der Waals surface area (Å²) in [6.45, 7) is 11.7. The standard InChI is InChI=1S/C25H23N5O.C22H19FN6O/c1-16-11-19(7-9-26-16)29-14-22(28-15-29)18-5-6-21-23(13-18)30(24(31)25(21,3)4)20-8-10-27-17(2)12-20;1-22(2)15-5-4-14(8-19(15)29(21(22)30)20-11-27(3)12-26-20)17-10-28(13-25-17)18-6-7-24-9-16(18)23/h5-15H,1-4H3;4-13H,1-3H3. The zero-order valence-corrected chi connectivity index (χ0v) is 34.7. The molecule has 8 aromatic rings. The van der Waals surface area contributed by atoms with E-state index in [2.05, 4.69) is 36.0 Å². The Balaban J connectivity index is 0.000000156. The molecule has 0 bridgehead atoms. The van der Waals surface area contributed by atoms with Crippen molar-refractivity contribution in [1.29, 1.82) is 0 Å². The third kappa shape index (κ3) is 6.75. The molecule has 10 rings (SSSR count). The molecule has 2 aliphatic heterocycles. The average Bonchev–Trinajstić information content (AvgIpc) is 4.08. The molecule has 2 amide bonds. The molecule has 0 fully saturated rings. The van der Waals surface area contributed by atoms with Crippen molar-refractivity contribution in [3.05, 3.63) is 157 Å². The summed E-state index contributed by atoms with van der Waals surface area (Å²) >= 11 is 0. The van der Waals surface area contributed by atoms with E-state index in [0.717, 1.165) is 62.1 Å². The molecule has 304 valence electrons. The fraction of sp³-hybridized carbons (Fsp3) is 0.191. The number of nitrogens with zero attached hydrogens (tertiary/aromatic N) is 11. The number of amides is 2. The van der Waals surface area contributed by atoms with Crippen molar-refractivity contribution in [2.75, 3.05) is 9.80 Å². The summed E-state index contributed by atoms with van der Waals surface area (Å²) in [4.78, 5) is 55.7. The van der Waals surface area contributed by atoms with Crippen molar-refractivity contribution in [2.45, 2.75) is 52.4 Å². The molecule has 8 heterocycles. The van der Waals surface area contributed by atoms with Gasteiger partial charge in [-0.2, -0.15) is 0 Å². The van der Waals surface area contributed by atoms with Crippen molar-refractivity contribution in [3.8, 4) is 33.9 Å². The first kappa shape index (κ1) is 38.9. The maximum Gasteiger partial charge on any atom is 0.242 e. The van der Waals surface area contributed by atoms with Crippen molar-refractivity contribution in [2.24, 2.45) is 7.05 Å². The number of anilines is 4. The van der Waals surface area contributed by atoms with Crippen LogP contribution in [0.4, 0.5) is 27.3 Å². The first-order valence-electron chi connectivity index (χ1n) is 19.7. The minimum atomic E-state index is -0.662. The van der Waals surface area contributed by atoms with Crippen LogP contribution >= 0.6 is 0 Å². The molecule has 0 atom stereocenters. The topological polar surface area (TPSA) is 133 Å². The van der Waals surface area contributed by atoms with Gasteiger partial charge in [0.25, 0.3) is 0 Å². The van der Waals surface area contributed by atoms with Crippen LogP contribution < -0.4 is 9.80 Å². The fourth-order valence-corrected chi connectivity index (χ4v) is 7.97. The Morgan fingerprint density at radius 3 is 1.70 bits per heavy atom. The Labute approximate surface area is 351 Å². The number of aromatic nitrogens is 9. The summed E-state index contributed by atoms with van der Waals surface area (Å²) in [5.41, 5.74) is 9.72. The molecule has 0 unspecified atom stereocenters. The van der Waals surface area contributed by atoms with Gasteiger partial charge in [0.2, 0.25) is 11.8 Å². The number of hydrogen-bond donors (Lipinski definition) is 0. The molecule has 0 saturated heterocycles. The Morgan fingerprint density at radius 2 is 1.11 bits per heavy atom. The van der Waals surface area contributed by atoms with Gasteiger partial charge in [-0.15, -0.1) is 0 Å². The molecular formula is C47H42FN11O2. The maximum atomic E-state index is 14.1. The highest BCUT2D eigenvalue weighted by Crippen LogP contribution is 2.48. The summed E-state index contributed by atoms with van der Waals surface area (Å²) in [5, 5.41) is 0. The number of aryl methyl sites for hydroxylation is 3. The lowest BCUT2D eigenvalue weighted by Gasteiger charge is -2.20. The van der Waals surface area contributed by atoms with Crippen LogP contribution in [0.2, 0.25) is 0 Å². The second-order valence-electron chi connectivity index (χ2n) is 16.4. The van der Waals surface area contributed by atoms with Crippen LogP contribution in [0.15, 0.2) is 129 Å². The van der Waals surface area contributed by atoms with Crippen molar-refractivity contribution >= 4 is 34.7 Å². The van der Waals surface area contributed by atoms with Gasteiger partial charge in [-0.05, 0) is 95.1 Å². The number of carbonyl (C=O) groups is 2. The monoisotopic (exact) mass is 811 g/mol. The Kier molecular flexibility index (Phi) is 9.30. The number of carbonyl (C=O) groups excluding carboxylic acids is 2. The summed E-state index contributed by atoms with van der Waals surface area (Å²) in [5.74, 6) is 0.181. The van der Waals surface area contributed by atoms with E-state index in [1.807, 2.05) is 125 Å². The Morgan fingerprint density at radius 1 is 0.557 bits per heavy atom. The minimum Gasteiger partial charge on any atom is -0.338 e. The molecule has 6 aromatic heterocycles. The van der Waals surface area contributed by atoms with Crippen LogP contribution in [0.5, 0.6) is 0 Å². The Bertz CT molecular complexity index is 3010. The lowest BCUT2D eigenvalue weighted by atomic mass is 9.85. The van der Waals surface area contributed by atoms with Crippen molar-refractivity contribution < 1.29 is 14.0 Å². The van der Waals surface area contributed by atoms with E-state index >= 15 is 0 Å². The van der Waals surface area contributed by atoms with Crippen molar-refractivity contribution in [3.63, 3.8) is 0 Å². The van der Waals surface area contributed by atoms with E-state index in [9.17, 15) is 14.0 Å². The maximum absolute atomic E-state index is 14.1. The second kappa shape index (κ2) is 14.6. The molecule has 13 nitrogen and oxygen atoms in total. The van der Waals surface area contributed by atoms with Gasteiger partial charge in [-0.25, -0.2) is 19.3 Å². The van der Waals surface area contributed by atoms with Gasteiger partial charge in [0, 0.05) is 72.4 Å². The number of pyridine rings is 3. The number of benzene rings is 2. The zero-order valence-electron chi connectivity index (χ0n) is 34.7. The first-order valence-corrected chi connectivity index (χ1v) is 19.7. The minimum absolute atomic E-state index is 0.0299. The number of rotatable bonds is 6. The van der Waals surface area contributed by atoms with E-state index in [0.29, 0.717) is 17.2 Å². The highest BCUT2D eigenvalue weighted by atomic mass is 19.1. The molecule has 0 saturated carbocycles. The van der Waals surface area contributed by atoms with Crippen LogP contribution in [-0.4, -0.2) is 55.4 Å². The van der Waals surface area contributed by atoms with Crippen LogP contribution in [-0.2, 0) is 27.5 Å². The van der Waals surface area contributed by atoms with Gasteiger partial charge in [0.15, 0.2) is 11.6 Å². The molecule has 14 heteroatoms. The molecule has 0 N–H and O–H groups in total. The third-order valence-electron chi connectivity index (χ3n) is 11.3. The van der Waals surface area contributed by atoms with E-state index < -0.39 is 16.6 Å². The third-order valence-corrected chi connectivity index (χ3v) is 11.3. The number of imidazole rings is 3. The summed E-state index contributed by atoms with van der Waals surface area (Å²) in [7, 11) is 1.87. The van der Waals surface area contributed by atoms with Gasteiger partial charge >= 0.3 is 0 Å². The largest absolute Gasteiger partial charge is 0.338 e. The van der Waals surface area contributed by atoms with E-state index in [4.69, 9.17) is 0 Å². The Hall–Kier alpha value is -7.61. The summed E-state index contributed by atoms with van der Waals surface area (Å²) in [6, 6.07) is 21.4. The van der Waals surface area contributed by atoms with Gasteiger partial charge in [0.1, 0.15) is 6.33 Å². The molecule has 0 spiro atoms. The predicted octanol–water partition coefficient (Wildman–Crippen LogP) is 8.66. The number of hydrogen-bond acceptors (Lipinski definition) is 8. The molecule has 0 radical (unpaired) electrons. The lowest BCUT2D eigenvalue weighted by molar-refractivity contribution is -0.122. The number of fused-ring (bicyclic) bond motifs is 2. The zero-order chi connectivity index (χ0) is 42.8. The summed E-state index contributed by atoms with van der Waals surface area (Å²) in [6.07, 6.45) is 16.8. The van der Waals surface area contributed by atoms with E-state index in [1.54, 1.807) is 58.0 Å². The quantitative estimate of drug-likeness (QED) is 0.163. The molecule has 61 heavy (non-hydrogen) atoms. The van der Waals surface area contributed by atoms with E-state index in [-0.39, 0.29) is 11.8 Å².